The normalized spacial score (nSPS) is 22.8. The molecule has 166 valence electrons. The van der Waals surface area contributed by atoms with Gasteiger partial charge in [0.15, 0.2) is 23.0 Å². The topological polar surface area (TPSA) is 189 Å². The molecule has 0 aromatic heterocycles. The van der Waals surface area contributed by atoms with Crippen LogP contribution in [0.3, 0.4) is 0 Å². The van der Waals surface area contributed by atoms with E-state index in [0.29, 0.717) is 0 Å². The molecule has 1 fully saturated rings. The number of rotatable bonds is 6. The summed E-state index contributed by atoms with van der Waals surface area (Å²) in [5.74, 6) is -2.95. The van der Waals surface area contributed by atoms with E-state index in [1.54, 1.807) is 0 Å². The molecule has 1 heterocycles. The van der Waals surface area contributed by atoms with E-state index in [2.05, 4.69) is 10.6 Å². The fourth-order valence-corrected chi connectivity index (χ4v) is 3.06. The highest BCUT2D eigenvalue weighted by molar-refractivity contribution is 5.95. The predicted octanol–water partition coefficient (Wildman–Crippen LogP) is -0.840. The summed E-state index contributed by atoms with van der Waals surface area (Å²) < 4.78 is 5.35. The number of nitrogens with one attached hydrogen (secondary N) is 2. The molecule has 2 amide bonds. The second-order valence-electron chi connectivity index (χ2n) is 7.20. The van der Waals surface area contributed by atoms with Gasteiger partial charge in [0, 0.05) is 17.7 Å². The van der Waals surface area contributed by atoms with Crippen molar-refractivity contribution in [3.8, 4) is 23.0 Å². The number of amides is 2. The third-order valence-corrected chi connectivity index (χ3v) is 4.94. The molecule has 3 atom stereocenters. The number of benzene rings is 2. The van der Waals surface area contributed by atoms with Gasteiger partial charge in [-0.3, -0.25) is 9.59 Å². The molecule has 2 aromatic carbocycles. The van der Waals surface area contributed by atoms with Crippen molar-refractivity contribution in [1.82, 2.24) is 10.6 Å². The lowest BCUT2D eigenvalue weighted by Gasteiger charge is -2.26. The summed E-state index contributed by atoms with van der Waals surface area (Å²) in [5, 5.41) is 63.5. The molecule has 0 aliphatic carbocycles. The van der Waals surface area contributed by atoms with Gasteiger partial charge in [-0.2, -0.15) is 0 Å². The van der Waals surface area contributed by atoms with Gasteiger partial charge in [0.2, 0.25) is 0 Å². The highest BCUT2D eigenvalue weighted by Crippen LogP contribution is 2.27. The zero-order valence-electron chi connectivity index (χ0n) is 16.1. The number of ether oxygens (including phenoxy) is 1. The molecular weight excluding hydrogens is 412 g/mol. The largest absolute Gasteiger partial charge is 0.504 e. The smallest absolute Gasteiger partial charge is 0.251 e. The molecule has 11 nitrogen and oxygen atoms in total. The Bertz CT molecular complexity index is 997. The van der Waals surface area contributed by atoms with Crippen molar-refractivity contribution in [3.05, 3.63) is 47.5 Å². The lowest BCUT2D eigenvalue weighted by atomic mass is 9.96. The van der Waals surface area contributed by atoms with Crippen LogP contribution in [0.15, 0.2) is 36.4 Å². The molecule has 1 aliphatic heterocycles. The van der Waals surface area contributed by atoms with Crippen LogP contribution in [0.25, 0.3) is 0 Å². The summed E-state index contributed by atoms with van der Waals surface area (Å²) in [6.45, 7) is -0.843. The Morgan fingerprint density at radius 2 is 1.42 bits per heavy atom. The van der Waals surface area contributed by atoms with Gasteiger partial charge in [0.25, 0.3) is 11.8 Å². The number of hydrogen-bond donors (Lipinski definition) is 8. The maximum absolute atomic E-state index is 12.2. The van der Waals surface area contributed by atoms with Crippen LogP contribution in [-0.4, -0.2) is 80.0 Å². The monoisotopic (exact) mass is 434 g/mol. The van der Waals surface area contributed by atoms with Gasteiger partial charge in [-0.05, 0) is 36.4 Å². The number of phenols is 4. The lowest BCUT2D eigenvalue weighted by Crippen LogP contribution is -2.53. The molecule has 0 saturated carbocycles. The molecule has 8 N–H and O–H groups in total. The minimum atomic E-state index is -1.82. The first kappa shape index (κ1) is 22.2. The van der Waals surface area contributed by atoms with Crippen LogP contribution in [0.1, 0.15) is 20.7 Å². The van der Waals surface area contributed by atoms with Gasteiger partial charge in [-0.15, -0.1) is 0 Å². The van der Waals surface area contributed by atoms with Crippen molar-refractivity contribution in [1.29, 1.82) is 0 Å². The molecule has 1 aliphatic rings. The Balaban J connectivity index is 1.54. The molecule has 1 saturated heterocycles. The average molecular weight is 434 g/mol. The molecule has 2 aromatic rings. The molecular formula is C20H22N2O9. The zero-order chi connectivity index (χ0) is 22.8. The zero-order valence-corrected chi connectivity index (χ0v) is 16.1. The Morgan fingerprint density at radius 3 is 1.94 bits per heavy atom. The maximum Gasteiger partial charge on any atom is 0.251 e. The van der Waals surface area contributed by atoms with E-state index in [-0.39, 0.29) is 42.3 Å². The summed E-state index contributed by atoms with van der Waals surface area (Å²) in [6.07, 6.45) is -2.40. The second kappa shape index (κ2) is 8.68. The number of aromatic hydroxyl groups is 4. The van der Waals surface area contributed by atoms with Crippen molar-refractivity contribution in [2.24, 2.45) is 0 Å². The van der Waals surface area contributed by atoms with Crippen molar-refractivity contribution < 1.29 is 45.0 Å². The molecule has 11 heteroatoms. The van der Waals surface area contributed by atoms with Gasteiger partial charge in [-0.25, -0.2) is 0 Å². The Kier molecular flexibility index (Phi) is 6.20. The minimum Gasteiger partial charge on any atom is -0.504 e. The second-order valence-corrected chi connectivity index (χ2v) is 7.20. The van der Waals surface area contributed by atoms with Gasteiger partial charge >= 0.3 is 0 Å². The third-order valence-electron chi connectivity index (χ3n) is 4.94. The molecule has 31 heavy (non-hydrogen) atoms. The van der Waals surface area contributed by atoms with Gasteiger partial charge in [0.05, 0.1) is 13.2 Å². The van der Waals surface area contributed by atoms with E-state index < -0.39 is 41.1 Å². The lowest BCUT2D eigenvalue weighted by molar-refractivity contribution is -0.0464. The van der Waals surface area contributed by atoms with Crippen LogP contribution >= 0.6 is 0 Å². The quantitative estimate of drug-likeness (QED) is 0.268. The van der Waals surface area contributed by atoms with Crippen LogP contribution in [0.4, 0.5) is 0 Å². The van der Waals surface area contributed by atoms with Crippen LogP contribution in [0.5, 0.6) is 23.0 Å². The van der Waals surface area contributed by atoms with Crippen LogP contribution in [0.2, 0.25) is 0 Å². The molecule has 3 rings (SSSR count). The summed E-state index contributed by atoms with van der Waals surface area (Å²) in [4.78, 5) is 24.3. The van der Waals surface area contributed by atoms with Crippen LogP contribution < -0.4 is 10.6 Å². The van der Waals surface area contributed by atoms with E-state index in [9.17, 15) is 40.2 Å². The van der Waals surface area contributed by atoms with Gasteiger partial charge in [-0.1, -0.05) is 0 Å². The Labute approximate surface area is 176 Å². The van der Waals surface area contributed by atoms with Gasteiger partial charge in [0.1, 0.15) is 17.8 Å². The first-order valence-corrected chi connectivity index (χ1v) is 9.23. The average Bonchev–Trinajstić information content (AvgIpc) is 3.03. The van der Waals surface area contributed by atoms with Crippen molar-refractivity contribution in [2.45, 2.75) is 17.8 Å². The minimum absolute atomic E-state index is 0.0354. The molecule has 0 spiro atoms. The Morgan fingerprint density at radius 1 is 0.903 bits per heavy atom. The number of carbonyl (C=O) groups is 2. The van der Waals surface area contributed by atoms with Crippen molar-refractivity contribution in [3.63, 3.8) is 0 Å². The number of hydrogen-bond acceptors (Lipinski definition) is 9. The number of aliphatic hydroxyl groups is 2. The first-order chi connectivity index (χ1) is 14.6. The van der Waals surface area contributed by atoms with Crippen LogP contribution in [-0.2, 0) is 4.74 Å². The number of aliphatic hydroxyl groups excluding tert-OH is 1. The summed E-state index contributed by atoms with van der Waals surface area (Å²) >= 11 is 0. The van der Waals surface area contributed by atoms with E-state index in [0.717, 1.165) is 24.3 Å². The van der Waals surface area contributed by atoms with Gasteiger partial charge < -0.3 is 46.0 Å². The fraction of sp³-hybridized carbons (Fsp3) is 0.300. The third kappa shape index (κ3) is 4.79. The Hall–Kier alpha value is -3.54. The molecule has 0 radical (unpaired) electrons. The highest BCUT2D eigenvalue weighted by Gasteiger charge is 2.48. The van der Waals surface area contributed by atoms with E-state index in [1.807, 2.05) is 0 Å². The fourth-order valence-electron chi connectivity index (χ4n) is 3.06. The first-order valence-electron chi connectivity index (χ1n) is 9.23. The summed E-state index contributed by atoms with van der Waals surface area (Å²) in [7, 11) is 0. The van der Waals surface area contributed by atoms with E-state index in [1.165, 1.54) is 12.1 Å². The van der Waals surface area contributed by atoms with Crippen molar-refractivity contribution >= 4 is 11.8 Å². The predicted molar refractivity (Wildman–Crippen MR) is 105 cm³/mol. The van der Waals surface area contributed by atoms with E-state index >= 15 is 0 Å². The number of phenolic OH excluding ortho intramolecular Hbond substituents is 4. The standard InChI is InChI=1S/C20H22N2O9/c23-12-3-1-10(5-14(12)25)18(28)21-7-16-17(27)20(30,9-31-16)8-22-19(29)11-2-4-13(24)15(26)6-11/h1-6,16-17,23-27,30H,7-9H2,(H,21,28)(H,22,29)/t16-,17-,20+/m1/s1. The summed E-state index contributed by atoms with van der Waals surface area (Å²) in [6, 6.07) is 6.98. The molecule has 0 unspecified atom stereocenters. The van der Waals surface area contributed by atoms with Crippen LogP contribution in [0, 0.1) is 0 Å². The summed E-state index contributed by atoms with van der Waals surface area (Å²) in [5.41, 5.74) is -1.71. The van der Waals surface area contributed by atoms with E-state index in [4.69, 9.17) is 4.74 Å². The number of carbonyl (C=O) groups excluding carboxylic acids is 2. The SMILES string of the molecule is O=C(NC[C@H]1OC[C@@](O)(CNC(=O)c2ccc(O)c(O)c2)[C@@H]1O)c1ccc(O)c(O)c1. The highest BCUT2D eigenvalue weighted by atomic mass is 16.5. The molecule has 0 bridgehead atoms. The maximum atomic E-state index is 12.2. The van der Waals surface area contributed by atoms with Crippen molar-refractivity contribution in [2.75, 3.05) is 19.7 Å².